The monoisotopic (exact) mass is 338 g/mol. The molecular weight excluding hydrogens is 313 g/mol. The minimum Gasteiger partial charge on any atom is -0.455 e. The molecule has 0 aromatic rings. The lowest BCUT2D eigenvalue weighted by Gasteiger charge is -2.36. The van der Waals surface area contributed by atoms with E-state index in [1.165, 1.54) is 6.08 Å². The molecule has 0 aromatic carbocycles. The van der Waals surface area contributed by atoms with Crippen LogP contribution < -0.4 is 0 Å². The Morgan fingerprint density at radius 2 is 1.86 bits per heavy atom. The molecule has 0 aliphatic heterocycles. The van der Waals surface area contributed by atoms with E-state index in [2.05, 4.69) is 38.6 Å². The SMILES string of the molecule is CC(C)(C)[Si](C)(C)OC[C@H]1C[C@H]1/C=C/COC(=O)C(F)(F)F. The Morgan fingerprint density at radius 1 is 1.27 bits per heavy atom. The lowest BCUT2D eigenvalue weighted by atomic mass is 10.2. The number of esters is 1. The van der Waals surface area contributed by atoms with Gasteiger partial charge in [0.25, 0.3) is 0 Å². The molecule has 1 fully saturated rings. The van der Waals surface area contributed by atoms with Gasteiger partial charge in [0.05, 0.1) is 0 Å². The standard InChI is InChI=1S/C15H25F3O3Si/c1-14(2,3)22(4,5)21-10-12-9-11(12)7-6-8-20-13(19)15(16,17)18/h6-7,11-12H,8-10H2,1-5H3/b7-6+/t11-,12-/m1/s1. The lowest BCUT2D eigenvalue weighted by Crippen LogP contribution is -2.41. The normalized spacial score (nSPS) is 22.9. The van der Waals surface area contributed by atoms with Crippen LogP contribution in [0.2, 0.25) is 18.1 Å². The zero-order valence-corrected chi connectivity index (χ0v) is 14.8. The molecule has 22 heavy (non-hydrogen) atoms. The minimum absolute atomic E-state index is 0.166. The molecule has 0 heterocycles. The third kappa shape index (κ3) is 5.76. The van der Waals surface area contributed by atoms with E-state index in [0.29, 0.717) is 18.4 Å². The van der Waals surface area contributed by atoms with Crippen LogP contribution in [0.1, 0.15) is 27.2 Å². The fourth-order valence-electron chi connectivity index (χ4n) is 1.67. The van der Waals surface area contributed by atoms with Crippen molar-refractivity contribution < 1.29 is 27.1 Å². The third-order valence-electron chi connectivity index (χ3n) is 4.37. The molecular formula is C15H25F3O3Si. The van der Waals surface area contributed by atoms with Crippen molar-refractivity contribution >= 4 is 14.3 Å². The van der Waals surface area contributed by atoms with Crippen LogP contribution in [0, 0.1) is 11.8 Å². The molecule has 1 aliphatic carbocycles. The summed E-state index contributed by atoms with van der Waals surface area (Å²) < 4.78 is 45.9. The number of rotatable bonds is 6. The molecule has 128 valence electrons. The van der Waals surface area contributed by atoms with E-state index in [9.17, 15) is 18.0 Å². The highest BCUT2D eigenvalue weighted by Crippen LogP contribution is 2.43. The summed E-state index contributed by atoms with van der Waals surface area (Å²) in [5.41, 5.74) is 0. The van der Waals surface area contributed by atoms with Crippen LogP contribution in [0.15, 0.2) is 12.2 Å². The van der Waals surface area contributed by atoms with Gasteiger partial charge in [-0.05, 0) is 36.4 Å². The first-order chi connectivity index (χ1) is 9.84. The molecule has 3 nitrogen and oxygen atoms in total. The van der Waals surface area contributed by atoms with Gasteiger partial charge < -0.3 is 9.16 Å². The number of hydrogen-bond donors (Lipinski definition) is 0. The molecule has 0 unspecified atom stereocenters. The molecule has 0 aromatic heterocycles. The summed E-state index contributed by atoms with van der Waals surface area (Å²) in [6, 6.07) is 0. The third-order valence-corrected chi connectivity index (χ3v) is 8.87. The van der Waals surface area contributed by atoms with Gasteiger partial charge in [-0.25, -0.2) is 4.79 Å². The Bertz CT molecular complexity index is 425. The number of hydrogen-bond acceptors (Lipinski definition) is 3. The molecule has 2 atom stereocenters. The summed E-state index contributed by atoms with van der Waals surface area (Å²) in [5.74, 6) is -1.41. The Balaban J connectivity index is 2.25. The van der Waals surface area contributed by atoms with Gasteiger partial charge in [0, 0.05) is 6.61 Å². The van der Waals surface area contributed by atoms with Gasteiger partial charge >= 0.3 is 12.1 Å². The van der Waals surface area contributed by atoms with Crippen molar-refractivity contribution in [1.29, 1.82) is 0 Å². The van der Waals surface area contributed by atoms with Gasteiger partial charge in [-0.2, -0.15) is 13.2 Å². The number of alkyl halides is 3. The predicted octanol–water partition coefficient (Wildman–Crippen LogP) is 4.31. The van der Waals surface area contributed by atoms with Crippen LogP contribution in [0.25, 0.3) is 0 Å². The maximum Gasteiger partial charge on any atom is 0.490 e. The van der Waals surface area contributed by atoms with Crippen molar-refractivity contribution in [2.75, 3.05) is 13.2 Å². The Kier molecular flexibility index (Phi) is 5.89. The molecule has 1 saturated carbocycles. The van der Waals surface area contributed by atoms with Crippen molar-refractivity contribution in [1.82, 2.24) is 0 Å². The van der Waals surface area contributed by atoms with E-state index in [0.717, 1.165) is 6.42 Å². The second-order valence-electron chi connectivity index (χ2n) is 7.26. The van der Waals surface area contributed by atoms with E-state index >= 15 is 0 Å². The number of ether oxygens (including phenoxy) is 1. The van der Waals surface area contributed by atoms with Crippen molar-refractivity contribution in [2.45, 2.75) is 51.5 Å². The molecule has 1 rings (SSSR count). The van der Waals surface area contributed by atoms with Crippen LogP contribution in [0.4, 0.5) is 13.2 Å². The number of allylic oxidation sites excluding steroid dienone is 1. The number of carbonyl (C=O) groups excluding carboxylic acids is 1. The van der Waals surface area contributed by atoms with E-state index in [1.807, 2.05) is 6.08 Å². The van der Waals surface area contributed by atoms with Crippen molar-refractivity contribution in [2.24, 2.45) is 11.8 Å². The number of halogens is 3. The van der Waals surface area contributed by atoms with E-state index in [-0.39, 0.29) is 11.6 Å². The van der Waals surface area contributed by atoms with Gasteiger partial charge in [0.15, 0.2) is 8.32 Å². The topological polar surface area (TPSA) is 35.5 Å². The maximum absolute atomic E-state index is 11.9. The Labute approximate surface area is 131 Å². The summed E-state index contributed by atoms with van der Waals surface area (Å²) in [7, 11) is -1.75. The van der Waals surface area contributed by atoms with Crippen LogP contribution in [-0.2, 0) is 14.0 Å². The zero-order valence-electron chi connectivity index (χ0n) is 13.8. The molecule has 0 amide bonds. The Hall–Kier alpha value is -0.823. The molecule has 0 radical (unpaired) electrons. The first-order valence-corrected chi connectivity index (χ1v) is 10.3. The van der Waals surface area contributed by atoms with Gasteiger partial charge in [-0.3, -0.25) is 0 Å². The smallest absolute Gasteiger partial charge is 0.455 e. The average molecular weight is 338 g/mol. The van der Waals surface area contributed by atoms with Crippen LogP contribution in [0.3, 0.4) is 0 Å². The van der Waals surface area contributed by atoms with E-state index in [1.54, 1.807) is 0 Å². The quantitative estimate of drug-likeness (QED) is 0.411. The van der Waals surface area contributed by atoms with Crippen LogP contribution in [0.5, 0.6) is 0 Å². The average Bonchev–Trinajstić information content (AvgIpc) is 3.08. The minimum atomic E-state index is -4.92. The fourth-order valence-corrected chi connectivity index (χ4v) is 2.73. The second-order valence-corrected chi connectivity index (χ2v) is 12.1. The maximum atomic E-state index is 11.9. The summed E-state index contributed by atoms with van der Waals surface area (Å²) in [6.45, 7) is 11.3. The number of carbonyl (C=O) groups is 1. The fraction of sp³-hybridized carbons (Fsp3) is 0.800. The lowest BCUT2D eigenvalue weighted by molar-refractivity contribution is -0.198. The van der Waals surface area contributed by atoms with Gasteiger partial charge in [-0.1, -0.05) is 32.9 Å². The van der Waals surface area contributed by atoms with Crippen molar-refractivity contribution in [3.8, 4) is 0 Å². The highest BCUT2D eigenvalue weighted by Gasteiger charge is 2.42. The molecule has 0 bridgehead atoms. The first kappa shape index (κ1) is 19.2. The zero-order chi connectivity index (χ0) is 17.2. The summed E-state index contributed by atoms with van der Waals surface area (Å²) >= 11 is 0. The summed E-state index contributed by atoms with van der Waals surface area (Å²) in [6.07, 6.45) is -0.671. The first-order valence-electron chi connectivity index (χ1n) is 7.39. The highest BCUT2D eigenvalue weighted by atomic mass is 28.4. The largest absolute Gasteiger partial charge is 0.490 e. The summed E-state index contributed by atoms with van der Waals surface area (Å²) in [4.78, 5) is 10.5. The van der Waals surface area contributed by atoms with Crippen molar-refractivity contribution in [3.05, 3.63) is 12.2 Å². The van der Waals surface area contributed by atoms with Gasteiger partial charge in [-0.15, -0.1) is 0 Å². The van der Waals surface area contributed by atoms with Crippen LogP contribution >= 0.6 is 0 Å². The molecule has 7 heteroatoms. The molecule has 0 N–H and O–H groups in total. The molecule has 0 spiro atoms. The van der Waals surface area contributed by atoms with Gasteiger partial charge in [0.1, 0.15) is 6.61 Å². The van der Waals surface area contributed by atoms with Crippen LogP contribution in [-0.4, -0.2) is 33.7 Å². The second kappa shape index (κ2) is 6.74. The highest BCUT2D eigenvalue weighted by molar-refractivity contribution is 6.74. The Morgan fingerprint density at radius 3 is 2.36 bits per heavy atom. The van der Waals surface area contributed by atoms with Crippen molar-refractivity contribution in [3.63, 3.8) is 0 Å². The predicted molar refractivity (Wildman–Crippen MR) is 80.9 cm³/mol. The summed E-state index contributed by atoms with van der Waals surface area (Å²) in [5, 5.41) is 0.166. The van der Waals surface area contributed by atoms with E-state index < -0.39 is 20.5 Å². The van der Waals surface area contributed by atoms with Gasteiger partial charge in [0.2, 0.25) is 0 Å². The van der Waals surface area contributed by atoms with E-state index in [4.69, 9.17) is 4.43 Å². The molecule has 0 saturated heterocycles. The molecule has 1 aliphatic rings.